The molecule has 0 bridgehead atoms. The second kappa shape index (κ2) is 2.21. The van der Waals surface area contributed by atoms with Crippen LogP contribution in [0.5, 0.6) is 0 Å². The highest BCUT2D eigenvalue weighted by atomic mass is 32.2. The molecule has 1 atom stereocenters. The number of hydrogen-bond acceptors (Lipinski definition) is 4. The summed E-state index contributed by atoms with van der Waals surface area (Å²) in [5.41, 5.74) is 1.20. The summed E-state index contributed by atoms with van der Waals surface area (Å²) in [5.74, 6) is 0. The molecule has 0 saturated heterocycles. The second-order valence-electron chi connectivity index (χ2n) is 2.22. The van der Waals surface area contributed by atoms with Crippen molar-refractivity contribution in [2.75, 3.05) is 0 Å². The van der Waals surface area contributed by atoms with Crippen LogP contribution in [-0.2, 0) is 0 Å². The van der Waals surface area contributed by atoms with Crippen LogP contribution in [0, 0.1) is 0 Å². The van der Waals surface area contributed by atoms with E-state index in [-0.39, 0.29) is 0 Å². The van der Waals surface area contributed by atoms with Gasteiger partial charge in [0.1, 0.15) is 11.4 Å². The van der Waals surface area contributed by atoms with Crippen molar-refractivity contribution < 1.29 is 0 Å². The van der Waals surface area contributed by atoms with Crippen LogP contribution in [0.15, 0.2) is 17.6 Å². The molecule has 0 spiro atoms. The Balaban J connectivity index is 2.51. The summed E-state index contributed by atoms with van der Waals surface area (Å²) in [6.45, 7) is 2.10. The van der Waals surface area contributed by atoms with E-state index in [9.17, 15) is 0 Å². The van der Waals surface area contributed by atoms with Crippen LogP contribution >= 0.6 is 11.9 Å². The van der Waals surface area contributed by atoms with Gasteiger partial charge < -0.3 is 0 Å². The molecule has 2 heterocycles. The second-order valence-corrected chi connectivity index (χ2v) is 3.05. The van der Waals surface area contributed by atoms with Crippen molar-refractivity contribution in [3.8, 4) is 0 Å². The van der Waals surface area contributed by atoms with Gasteiger partial charge in [-0.15, -0.1) is 0 Å². The van der Waals surface area contributed by atoms with E-state index in [2.05, 4.69) is 21.6 Å². The monoisotopic (exact) mass is 153 g/mol. The Morgan fingerprint density at radius 1 is 1.70 bits per heavy atom. The number of rotatable bonds is 0. The van der Waals surface area contributed by atoms with Crippen molar-refractivity contribution in [2.24, 2.45) is 0 Å². The highest BCUT2D eigenvalue weighted by Gasteiger charge is 2.19. The lowest BCUT2D eigenvalue weighted by atomic mass is 10.2. The third kappa shape index (κ3) is 0.803. The molecule has 2 rings (SSSR count). The minimum atomic E-state index is 0.390. The fraction of sp³-hybridized carbons (Fsp3) is 0.333. The molecule has 0 amide bonds. The lowest BCUT2D eigenvalue weighted by Crippen LogP contribution is -2.01. The lowest BCUT2D eigenvalue weighted by Gasteiger charge is -1.98. The smallest absolute Gasteiger partial charge is 0.119 e. The van der Waals surface area contributed by atoms with Crippen molar-refractivity contribution >= 4 is 11.9 Å². The largest absolute Gasteiger partial charge is 0.251 e. The predicted molar refractivity (Wildman–Crippen MR) is 39.4 cm³/mol. The fourth-order valence-electron chi connectivity index (χ4n) is 0.919. The van der Waals surface area contributed by atoms with E-state index >= 15 is 0 Å². The van der Waals surface area contributed by atoms with Crippen LogP contribution in [-0.4, -0.2) is 9.97 Å². The van der Waals surface area contributed by atoms with E-state index in [4.69, 9.17) is 0 Å². The molecule has 0 radical (unpaired) electrons. The number of hydrogen-bond donors (Lipinski definition) is 1. The van der Waals surface area contributed by atoms with E-state index in [1.54, 1.807) is 18.3 Å². The molecule has 4 heteroatoms. The molecule has 3 nitrogen and oxygen atoms in total. The Morgan fingerprint density at radius 3 is 3.40 bits per heavy atom. The standard InChI is InChI=1S/C6H7N3S/c1-4-5-2-7-3-8-6(5)10-9-4/h2-4,9H,1H3. The third-order valence-corrected chi connectivity index (χ3v) is 2.51. The van der Waals surface area contributed by atoms with Gasteiger partial charge in [0.25, 0.3) is 0 Å². The van der Waals surface area contributed by atoms with Gasteiger partial charge in [-0.3, -0.25) is 4.72 Å². The molecule has 1 N–H and O–H groups in total. The summed E-state index contributed by atoms with van der Waals surface area (Å²) in [5, 5.41) is 1.06. The van der Waals surface area contributed by atoms with E-state index in [0.717, 1.165) is 5.03 Å². The van der Waals surface area contributed by atoms with Gasteiger partial charge >= 0.3 is 0 Å². The van der Waals surface area contributed by atoms with Crippen molar-refractivity contribution in [3.05, 3.63) is 18.1 Å². The Bertz CT molecular complexity index is 251. The van der Waals surface area contributed by atoms with Crippen molar-refractivity contribution in [1.29, 1.82) is 0 Å². The maximum Gasteiger partial charge on any atom is 0.119 e. The van der Waals surface area contributed by atoms with E-state index in [1.165, 1.54) is 5.56 Å². The summed E-state index contributed by atoms with van der Waals surface area (Å²) >= 11 is 1.57. The average molecular weight is 153 g/mol. The molecular weight excluding hydrogens is 146 g/mol. The average Bonchev–Trinajstić information content (AvgIpc) is 2.34. The molecule has 1 aromatic heterocycles. The van der Waals surface area contributed by atoms with Crippen LogP contribution in [0.3, 0.4) is 0 Å². The minimum absolute atomic E-state index is 0.390. The van der Waals surface area contributed by atoms with Gasteiger partial charge in [0.2, 0.25) is 0 Å². The van der Waals surface area contributed by atoms with Crippen LogP contribution in [0.4, 0.5) is 0 Å². The first-order valence-corrected chi connectivity index (χ1v) is 3.92. The zero-order valence-electron chi connectivity index (χ0n) is 5.53. The maximum atomic E-state index is 4.10. The first kappa shape index (κ1) is 6.12. The van der Waals surface area contributed by atoms with Crippen LogP contribution in [0.2, 0.25) is 0 Å². The Hall–Kier alpha value is -0.610. The molecule has 0 saturated carbocycles. The molecule has 0 aromatic carbocycles. The summed E-state index contributed by atoms with van der Waals surface area (Å²) in [7, 11) is 0. The van der Waals surface area contributed by atoms with Crippen LogP contribution in [0.1, 0.15) is 18.5 Å². The van der Waals surface area contributed by atoms with E-state index in [0.29, 0.717) is 6.04 Å². The number of nitrogens with one attached hydrogen (secondary N) is 1. The number of aromatic nitrogens is 2. The molecular formula is C6H7N3S. The van der Waals surface area contributed by atoms with Gasteiger partial charge in [0.15, 0.2) is 0 Å². The molecule has 0 aliphatic carbocycles. The first-order chi connectivity index (χ1) is 4.88. The van der Waals surface area contributed by atoms with Crippen LogP contribution < -0.4 is 4.72 Å². The number of fused-ring (bicyclic) bond motifs is 1. The Labute approximate surface area is 63.4 Å². The fourth-order valence-corrected chi connectivity index (χ4v) is 1.78. The molecule has 10 heavy (non-hydrogen) atoms. The van der Waals surface area contributed by atoms with E-state index < -0.39 is 0 Å². The zero-order valence-corrected chi connectivity index (χ0v) is 6.35. The highest BCUT2D eigenvalue weighted by Crippen LogP contribution is 2.31. The third-order valence-electron chi connectivity index (χ3n) is 1.50. The summed E-state index contributed by atoms with van der Waals surface area (Å²) in [6, 6.07) is 0.390. The SMILES string of the molecule is CC1NSc2ncncc21. The maximum absolute atomic E-state index is 4.10. The highest BCUT2D eigenvalue weighted by molar-refractivity contribution is 7.97. The molecule has 52 valence electrons. The topological polar surface area (TPSA) is 37.8 Å². The molecule has 1 aliphatic rings. The van der Waals surface area contributed by atoms with Gasteiger partial charge in [-0.05, 0) is 18.9 Å². The van der Waals surface area contributed by atoms with Gasteiger partial charge in [0.05, 0.1) is 0 Å². The summed E-state index contributed by atoms with van der Waals surface area (Å²) in [6.07, 6.45) is 3.44. The normalized spacial score (nSPS) is 22.7. The van der Waals surface area contributed by atoms with Crippen LogP contribution in [0.25, 0.3) is 0 Å². The lowest BCUT2D eigenvalue weighted by molar-refractivity contribution is 0.750. The Morgan fingerprint density at radius 2 is 2.60 bits per heavy atom. The predicted octanol–water partition coefficient (Wildman–Crippen LogP) is 1.15. The van der Waals surface area contributed by atoms with E-state index in [1.807, 2.05) is 6.20 Å². The first-order valence-electron chi connectivity index (χ1n) is 3.10. The summed E-state index contributed by atoms with van der Waals surface area (Å²) in [4.78, 5) is 8.04. The van der Waals surface area contributed by atoms with Gasteiger partial charge in [0, 0.05) is 17.8 Å². The zero-order chi connectivity index (χ0) is 6.97. The molecule has 1 unspecified atom stereocenters. The van der Waals surface area contributed by atoms with Crippen molar-refractivity contribution in [2.45, 2.75) is 18.0 Å². The number of nitrogens with zero attached hydrogens (tertiary/aromatic N) is 2. The minimum Gasteiger partial charge on any atom is -0.251 e. The quantitative estimate of drug-likeness (QED) is 0.448. The molecule has 0 fully saturated rings. The summed E-state index contributed by atoms with van der Waals surface area (Å²) < 4.78 is 3.20. The van der Waals surface area contributed by atoms with Gasteiger partial charge in [-0.25, -0.2) is 9.97 Å². The van der Waals surface area contributed by atoms with Gasteiger partial charge in [-0.1, -0.05) is 0 Å². The van der Waals surface area contributed by atoms with Crippen molar-refractivity contribution in [1.82, 2.24) is 14.7 Å². The molecule has 1 aliphatic heterocycles. The van der Waals surface area contributed by atoms with Gasteiger partial charge in [-0.2, -0.15) is 0 Å². The van der Waals surface area contributed by atoms with Crippen molar-refractivity contribution in [3.63, 3.8) is 0 Å². The Kier molecular flexibility index (Phi) is 1.35. The molecule has 1 aromatic rings.